The normalized spacial score (nSPS) is 16.5. The summed E-state index contributed by atoms with van der Waals surface area (Å²) in [6.45, 7) is 7.04. The summed E-state index contributed by atoms with van der Waals surface area (Å²) in [6.07, 6.45) is 10.0. The van der Waals surface area contributed by atoms with Crippen LogP contribution in [0.15, 0.2) is 77.9 Å². The number of methoxy groups -OCH3 is 1. The average Bonchev–Trinajstić information content (AvgIpc) is 3.09. The van der Waals surface area contributed by atoms with E-state index in [1.807, 2.05) is 49.5 Å². The number of hydrogen-bond donors (Lipinski definition) is 0. The van der Waals surface area contributed by atoms with Gasteiger partial charge in [0.05, 0.1) is 30.4 Å². The number of piperidine rings is 2. The van der Waals surface area contributed by atoms with Crippen LogP contribution in [0.25, 0.3) is 38.6 Å². The van der Waals surface area contributed by atoms with Crippen molar-refractivity contribution in [2.45, 2.75) is 45.1 Å². The molecule has 7 rings (SSSR count). The summed E-state index contributed by atoms with van der Waals surface area (Å²) < 4.78 is 13.3. The molecule has 0 N–H and O–H groups in total. The molecule has 3 aromatic heterocycles. The van der Waals surface area contributed by atoms with E-state index >= 15 is 0 Å². The van der Waals surface area contributed by atoms with Gasteiger partial charge >= 0.3 is 0 Å². The molecule has 0 atom stereocenters. The Balaban J connectivity index is 1.28. The molecule has 0 bridgehead atoms. The molecule has 8 heteroatoms. The first-order valence-electron chi connectivity index (χ1n) is 15.8. The van der Waals surface area contributed by atoms with E-state index in [2.05, 4.69) is 33.0 Å². The predicted molar refractivity (Wildman–Crippen MR) is 176 cm³/mol. The first-order chi connectivity index (χ1) is 21.6. The van der Waals surface area contributed by atoms with Crippen LogP contribution < -0.4 is 19.9 Å². The smallest absolute Gasteiger partial charge is 0.255 e. The minimum atomic E-state index is -0.113. The van der Waals surface area contributed by atoms with Crippen LogP contribution in [0, 0.1) is 0 Å². The van der Waals surface area contributed by atoms with Gasteiger partial charge < -0.3 is 19.3 Å². The molecule has 8 nitrogen and oxygen atoms in total. The van der Waals surface area contributed by atoms with Crippen LogP contribution in [-0.4, -0.2) is 65.4 Å². The molecule has 0 unspecified atom stereocenters. The van der Waals surface area contributed by atoms with Gasteiger partial charge in [-0.15, -0.1) is 0 Å². The van der Waals surface area contributed by atoms with E-state index in [1.54, 1.807) is 23.9 Å². The van der Waals surface area contributed by atoms with Gasteiger partial charge in [-0.1, -0.05) is 12.5 Å². The molecule has 0 aliphatic carbocycles. The SMILES string of the molecule is CCOc1cc(N2CCC(N3CCCCC3)CC2)ccc1-n1c(=O)ccc2cnc3ccc(-c4ccc(OC)nc4)cc3c21. The number of aromatic nitrogens is 3. The van der Waals surface area contributed by atoms with Gasteiger partial charge in [0.15, 0.2) is 0 Å². The zero-order valence-electron chi connectivity index (χ0n) is 25.5. The Morgan fingerprint density at radius 3 is 2.41 bits per heavy atom. The van der Waals surface area contributed by atoms with Crippen molar-refractivity contribution in [3.63, 3.8) is 0 Å². The second-order valence-electron chi connectivity index (χ2n) is 11.8. The minimum absolute atomic E-state index is 0.113. The summed E-state index contributed by atoms with van der Waals surface area (Å²) in [5, 5.41) is 1.77. The Morgan fingerprint density at radius 1 is 0.841 bits per heavy atom. The molecule has 44 heavy (non-hydrogen) atoms. The fourth-order valence-corrected chi connectivity index (χ4v) is 6.93. The standard InChI is InChI=1S/C36H39N5O3/c1-3-44-33-22-29(40-19-15-28(16-20-40)39-17-5-4-6-18-39)10-12-32(33)41-35(42)14-9-27-24-37-31-11-7-25(21-30(31)36(27)41)26-8-13-34(43-2)38-23-26/h7-14,21-24,28H,3-6,15-20H2,1-2H3. The topological polar surface area (TPSA) is 72.7 Å². The van der Waals surface area contributed by atoms with Gasteiger partial charge in [0.1, 0.15) is 5.75 Å². The fraction of sp³-hybridized carbons (Fsp3) is 0.361. The monoisotopic (exact) mass is 589 g/mol. The van der Waals surface area contributed by atoms with Crippen molar-refractivity contribution in [2.24, 2.45) is 0 Å². The summed E-state index contributed by atoms with van der Waals surface area (Å²) in [5.74, 6) is 1.27. The Morgan fingerprint density at radius 2 is 1.66 bits per heavy atom. The summed E-state index contributed by atoms with van der Waals surface area (Å²) in [5.41, 5.74) is 5.32. The predicted octanol–water partition coefficient (Wildman–Crippen LogP) is 6.46. The Hall–Kier alpha value is -4.43. The molecule has 5 heterocycles. The number of hydrogen-bond acceptors (Lipinski definition) is 7. The van der Waals surface area contributed by atoms with E-state index in [0.717, 1.165) is 57.4 Å². The third-order valence-corrected chi connectivity index (χ3v) is 9.22. The minimum Gasteiger partial charge on any atom is -0.492 e. The Labute approximate surface area is 257 Å². The van der Waals surface area contributed by atoms with Gasteiger partial charge in [0.2, 0.25) is 5.88 Å². The second kappa shape index (κ2) is 12.3. The Kier molecular flexibility index (Phi) is 7.91. The van der Waals surface area contributed by atoms with Crippen molar-refractivity contribution >= 4 is 27.5 Å². The number of rotatable bonds is 7. The highest BCUT2D eigenvalue weighted by molar-refractivity contribution is 6.05. The summed E-state index contributed by atoms with van der Waals surface area (Å²) >= 11 is 0. The number of fused-ring (bicyclic) bond motifs is 3. The van der Waals surface area contributed by atoms with Gasteiger partial charge in [-0.05, 0) is 87.7 Å². The third-order valence-electron chi connectivity index (χ3n) is 9.22. The van der Waals surface area contributed by atoms with Crippen LogP contribution in [0.4, 0.5) is 5.69 Å². The van der Waals surface area contributed by atoms with Gasteiger partial charge in [-0.25, -0.2) is 4.98 Å². The van der Waals surface area contributed by atoms with E-state index in [1.165, 1.54) is 45.2 Å². The number of ether oxygens (including phenoxy) is 2. The van der Waals surface area contributed by atoms with Crippen molar-refractivity contribution in [1.82, 2.24) is 19.4 Å². The van der Waals surface area contributed by atoms with E-state index < -0.39 is 0 Å². The van der Waals surface area contributed by atoms with Crippen LogP contribution in [0.5, 0.6) is 11.6 Å². The van der Waals surface area contributed by atoms with Crippen LogP contribution in [0.1, 0.15) is 39.0 Å². The highest BCUT2D eigenvalue weighted by atomic mass is 16.5. The van der Waals surface area contributed by atoms with Gasteiger partial charge in [-0.3, -0.25) is 14.3 Å². The molecular weight excluding hydrogens is 550 g/mol. The number of pyridine rings is 3. The molecule has 2 fully saturated rings. The quantitative estimate of drug-likeness (QED) is 0.202. The highest BCUT2D eigenvalue weighted by Crippen LogP contribution is 2.35. The van der Waals surface area contributed by atoms with E-state index in [4.69, 9.17) is 14.5 Å². The van der Waals surface area contributed by atoms with E-state index in [9.17, 15) is 4.79 Å². The van der Waals surface area contributed by atoms with Crippen LogP contribution in [-0.2, 0) is 0 Å². The maximum absolute atomic E-state index is 13.7. The molecule has 2 aromatic carbocycles. The molecular formula is C36H39N5O3. The maximum atomic E-state index is 13.7. The van der Waals surface area contributed by atoms with Crippen molar-refractivity contribution < 1.29 is 9.47 Å². The molecule has 0 amide bonds. The molecule has 0 saturated carbocycles. The van der Waals surface area contributed by atoms with Crippen LogP contribution in [0.3, 0.4) is 0 Å². The Bertz CT molecular complexity index is 1840. The number of nitrogens with zero attached hydrogens (tertiary/aromatic N) is 5. The lowest BCUT2D eigenvalue weighted by molar-refractivity contribution is 0.141. The van der Waals surface area contributed by atoms with Crippen molar-refractivity contribution in [3.8, 4) is 28.4 Å². The number of benzene rings is 2. The average molecular weight is 590 g/mol. The third kappa shape index (κ3) is 5.39. The van der Waals surface area contributed by atoms with Crippen molar-refractivity contribution in [1.29, 1.82) is 0 Å². The largest absolute Gasteiger partial charge is 0.492 e. The van der Waals surface area contributed by atoms with E-state index in [-0.39, 0.29) is 5.56 Å². The van der Waals surface area contributed by atoms with Crippen LogP contribution in [0.2, 0.25) is 0 Å². The molecule has 226 valence electrons. The summed E-state index contributed by atoms with van der Waals surface area (Å²) in [7, 11) is 1.61. The summed E-state index contributed by atoms with van der Waals surface area (Å²) in [6, 6.07) is 20.4. The first-order valence-corrected chi connectivity index (χ1v) is 15.8. The number of anilines is 1. The lowest BCUT2D eigenvalue weighted by atomic mass is 9.99. The molecule has 2 saturated heterocycles. The lowest BCUT2D eigenvalue weighted by Crippen LogP contribution is -2.46. The fourth-order valence-electron chi connectivity index (χ4n) is 6.93. The maximum Gasteiger partial charge on any atom is 0.255 e. The van der Waals surface area contributed by atoms with Gasteiger partial charge in [0, 0.05) is 71.7 Å². The second-order valence-corrected chi connectivity index (χ2v) is 11.8. The zero-order valence-corrected chi connectivity index (χ0v) is 25.5. The van der Waals surface area contributed by atoms with Crippen molar-refractivity contribution in [2.75, 3.05) is 44.8 Å². The van der Waals surface area contributed by atoms with Gasteiger partial charge in [-0.2, -0.15) is 0 Å². The molecule has 5 aromatic rings. The molecule has 0 radical (unpaired) electrons. The highest BCUT2D eigenvalue weighted by Gasteiger charge is 2.26. The van der Waals surface area contributed by atoms with E-state index in [0.29, 0.717) is 24.3 Å². The zero-order chi connectivity index (χ0) is 30.0. The van der Waals surface area contributed by atoms with Gasteiger partial charge in [0.25, 0.3) is 5.56 Å². The molecule has 2 aliphatic heterocycles. The van der Waals surface area contributed by atoms with Crippen molar-refractivity contribution in [3.05, 3.63) is 83.4 Å². The van der Waals surface area contributed by atoms with Crippen LogP contribution >= 0.6 is 0 Å². The molecule has 0 spiro atoms. The number of likely N-dealkylation sites (tertiary alicyclic amines) is 1. The first kappa shape index (κ1) is 28.3. The summed E-state index contributed by atoms with van der Waals surface area (Å²) in [4.78, 5) is 28.0. The molecule has 2 aliphatic rings. The lowest BCUT2D eigenvalue weighted by Gasteiger charge is -2.41.